The molecule has 0 aromatic carbocycles. The first-order valence-electron chi connectivity index (χ1n) is 5.57. The van der Waals surface area contributed by atoms with Crippen molar-refractivity contribution in [3.05, 3.63) is 42.2 Å². The molecule has 0 amide bonds. The molecule has 0 aliphatic heterocycles. The maximum absolute atomic E-state index is 4.58. The van der Waals surface area contributed by atoms with E-state index in [1.54, 1.807) is 0 Å². The number of rotatable bonds is 1. The molecule has 1 aliphatic rings. The van der Waals surface area contributed by atoms with Crippen LogP contribution in [0.1, 0.15) is 31.4 Å². The van der Waals surface area contributed by atoms with E-state index < -0.39 is 0 Å². The van der Waals surface area contributed by atoms with E-state index in [9.17, 15) is 0 Å². The van der Waals surface area contributed by atoms with Crippen molar-refractivity contribution in [3.63, 3.8) is 0 Å². The molecule has 0 saturated heterocycles. The summed E-state index contributed by atoms with van der Waals surface area (Å²) in [5, 5.41) is 4.58. The van der Waals surface area contributed by atoms with Crippen LogP contribution in [0.4, 0.5) is 0 Å². The maximum atomic E-state index is 4.58. The molecule has 0 bridgehead atoms. The van der Waals surface area contributed by atoms with Crippen LogP contribution in [-0.4, -0.2) is 9.61 Å². The van der Waals surface area contributed by atoms with Crippen LogP contribution in [-0.2, 0) is 0 Å². The van der Waals surface area contributed by atoms with E-state index in [1.165, 1.54) is 36.8 Å². The summed E-state index contributed by atoms with van der Waals surface area (Å²) >= 11 is 0. The van der Waals surface area contributed by atoms with Gasteiger partial charge in [0.1, 0.15) is 0 Å². The lowest BCUT2D eigenvalue weighted by Crippen LogP contribution is -1.93. The highest BCUT2D eigenvalue weighted by Crippen LogP contribution is 2.26. The molecule has 0 spiro atoms. The van der Waals surface area contributed by atoms with Crippen LogP contribution in [0.3, 0.4) is 0 Å². The minimum atomic E-state index is 1.15. The van der Waals surface area contributed by atoms with E-state index in [-0.39, 0.29) is 0 Å². The Bertz CT molecular complexity index is 475. The number of pyridine rings is 1. The zero-order chi connectivity index (χ0) is 10.1. The molecule has 3 rings (SSSR count). The Labute approximate surface area is 89.2 Å². The molecule has 0 atom stereocenters. The van der Waals surface area contributed by atoms with Crippen molar-refractivity contribution >= 4 is 11.1 Å². The average molecular weight is 198 g/mol. The summed E-state index contributed by atoms with van der Waals surface area (Å²) in [4.78, 5) is 0. The Kier molecular flexibility index (Phi) is 2.05. The number of hydrogen-bond donors (Lipinski definition) is 0. The third-order valence-corrected chi connectivity index (χ3v) is 2.99. The standard InChI is InChI=1S/C13H14N2/c1-2-6-11(7-3-1)13-10-12-8-4-5-9-15(12)14-13/h4-6,8-10H,1-3,7H2. The number of fused-ring (bicyclic) bond motifs is 1. The van der Waals surface area contributed by atoms with Gasteiger partial charge in [0, 0.05) is 6.20 Å². The summed E-state index contributed by atoms with van der Waals surface area (Å²) < 4.78 is 1.95. The van der Waals surface area contributed by atoms with Crippen LogP contribution in [0.5, 0.6) is 0 Å². The molecule has 0 fully saturated rings. The zero-order valence-electron chi connectivity index (χ0n) is 8.69. The van der Waals surface area contributed by atoms with Gasteiger partial charge in [-0.2, -0.15) is 5.10 Å². The van der Waals surface area contributed by atoms with Crippen LogP contribution in [0.2, 0.25) is 0 Å². The normalized spacial score (nSPS) is 16.7. The molecule has 76 valence electrons. The molecular weight excluding hydrogens is 184 g/mol. The quantitative estimate of drug-likeness (QED) is 0.687. The first-order chi connectivity index (χ1) is 7.43. The number of allylic oxidation sites excluding steroid dienone is 2. The molecular formula is C13H14N2. The topological polar surface area (TPSA) is 17.3 Å². The van der Waals surface area contributed by atoms with E-state index in [0.717, 1.165) is 5.69 Å². The van der Waals surface area contributed by atoms with Crippen molar-refractivity contribution in [1.82, 2.24) is 9.61 Å². The SMILES string of the molecule is C1=C(c2cc3ccccn3n2)CCCC1. The highest BCUT2D eigenvalue weighted by Gasteiger charge is 2.09. The van der Waals surface area contributed by atoms with Crippen molar-refractivity contribution in [3.8, 4) is 0 Å². The maximum Gasteiger partial charge on any atom is 0.0890 e. The van der Waals surface area contributed by atoms with Crippen molar-refractivity contribution < 1.29 is 0 Å². The number of aromatic nitrogens is 2. The van der Waals surface area contributed by atoms with Gasteiger partial charge in [-0.25, -0.2) is 4.52 Å². The Balaban J connectivity index is 2.07. The monoisotopic (exact) mass is 198 g/mol. The molecule has 15 heavy (non-hydrogen) atoms. The van der Waals surface area contributed by atoms with Gasteiger partial charge in [-0.3, -0.25) is 0 Å². The van der Waals surface area contributed by atoms with Gasteiger partial charge in [-0.1, -0.05) is 12.1 Å². The fourth-order valence-corrected chi connectivity index (χ4v) is 2.17. The number of nitrogens with zero attached hydrogens (tertiary/aromatic N) is 2. The van der Waals surface area contributed by atoms with E-state index in [4.69, 9.17) is 0 Å². The van der Waals surface area contributed by atoms with Crippen molar-refractivity contribution in [1.29, 1.82) is 0 Å². The van der Waals surface area contributed by atoms with E-state index in [1.807, 2.05) is 16.8 Å². The van der Waals surface area contributed by atoms with Gasteiger partial charge >= 0.3 is 0 Å². The smallest absolute Gasteiger partial charge is 0.0890 e. The van der Waals surface area contributed by atoms with Gasteiger partial charge < -0.3 is 0 Å². The summed E-state index contributed by atoms with van der Waals surface area (Å²) in [5.41, 5.74) is 3.75. The molecule has 0 saturated carbocycles. The van der Waals surface area contributed by atoms with Crippen LogP contribution in [0.15, 0.2) is 36.5 Å². The Hall–Kier alpha value is -1.57. The molecule has 0 unspecified atom stereocenters. The lowest BCUT2D eigenvalue weighted by molar-refractivity contribution is 0.738. The van der Waals surface area contributed by atoms with E-state index in [0.29, 0.717) is 0 Å². The van der Waals surface area contributed by atoms with Crippen LogP contribution >= 0.6 is 0 Å². The van der Waals surface area contributed by atoms with Gasteiger partial charge in [-0.15, -0.1) is 0 Å². The molecule has 0 radical (unpaired) electrons. The summed E-state index contributed by atoms with van der Waals surface area (Å²) in [7, 11) is 0. The summed E-state index contributed by atoms with van der Waals surface area (Å²) in [5.74, 6) is 0. The van der Waals surface area contributed by atoms with E-state index in [2.05, 4.69) is 29.4 Å². The molecule has 0 N–H and O–H groups in total. The second-order valence-corrected chi connectivity index (χ2v) is 4.07. The molecule has 2 aromatic rings. The summed E-state index contributed by atoms with van der Waals surface area (Å²) in [6.45, 7) is 0. The Morgan fingerprint density at radius 3 is 3.00 bits per heavy atom. The van der Waals surface area contributed by atoms with Gasteiger partial charge in [-0.05, 0) is 49.5 Å². The van der Waals surface area contributed by atoms with Gasteiger partial charge in [0.2, 0.25) is 0 Å². The molecule has 2 heteroatoms. The van der Waals surface area contributed by atoms with Crippen molar-refractivity contribution in [2.45, 2.75) is 25.7 Å². The van der Waals surface area contributed by atoms with Gasteiger partial charge in [0.15, 0.2) is 0 Å². The predicted molar refractivity (Wildman–Crippen MR) is 61.6 cm³/mol. The first-order valence-corrected chi connectivity index (χ1v) is 5.57. The highest BCUT2D eigenvalue weighted by molar-refractivity contribution is 5.67. The van der Waals surface area contributed by atoms with Gasteiger partial charge in [0.05, 0.1) is 11.2 Å². The third-order valence-electron chi connectivity index (χ3n) is 2.99. The minimum Gasteiger partial charge on any atom is -0.240 e. The fourth-order valence-electron chi connectivity index (χ4n) is 2.17. The highest BCUT2D eigenvalue weighted by atomic mass is 15.2. The van der Waals surface area contributed by atoms with Crippen LogP contribution < -0.4 is 0 Å². The average Bonchev–Trinajstić information content (AvgIpc) is 2.74. The summed E-state index contributed by atoms with van der Waals surface area (Å²) in [6, 6.07) is 8.34. The lowest BCUT2D eigenvalue weighted by Gasteiger charge is -2.09. The Morgan fingerprint density at radius 2 is 2.20 bits per heavy atom. The predicted octanol–water partition coefficient (Wildman–Crippen LogP) is 3.29. The second-order valence-electron chi connectivity index (χ2n) is 4.07. The molecule has 2 nitrogen and oxygen atoms in total. The second kappa shape index (κ2) is 3.54. The van der Waals surface area contributed by atoms with Crippen LogP contribution in [0.25, 0.3) is 11.1 Å². The van der Waals surface area contributed by atoms with Crippen molar-refractivity contribution in [2.24, 2.45) is 0 Å². The zero-order valence-corrected chi connectivity index (χ0v) is 8.69. The first kappa shape index (κ1) is 8.72. The van der Waals surface area contributed by atoms with Gasteiger partial charge in [0.25, 0.3) is 0 Å². The van der Waals surface area contributed by atoms with Crippen molar-refractivity contribution in [2.75, 3.05) is 0 Å². The van der Waals surface area contributed by atoms with E-state index >= 15 is 0 Å². The third kappa shape index (κ3) is 1.56. The number of hydrogen-bond acceptors (Lipinski definition) is 1. The van der Waals surface area contributed by atoms with Crippen LogP contribution in [0, 0.1) is 0 Å². The fraction of sp³-hybridized carbons (Fsp3) is 0.308. The largest absolute Gasteiger partial charge is 0.240 e. The Morgan fingerprint density at radius 1 is 1.20 bits per heavy atom. The summed E-state index contributed by atoms with van der Waals surface area (Å²) in [6.07, 6.45) is 9.37. The lowest BCUT2D eigenvalue weighted by atomic mass is 9.97. The molecule has 2 aromatic heterocycles. The molecule has 2 heterocycles. The minimum absolute atomic E-state index is 1.15. The molecule has 1 aliphatic carbocycles.